The van der Waals surface area contributed by atoms with Crippen LogP contribution in [-0.4, -0.2) is 23.9 Å². The zero-order chi connectivity index (χ0) is 13.0. The molecule has 3 nitrogen and oxygen atoms in total. The van der Waals surface area contributed by atoms with E-state index < -0.39 is 0 Å². The number of guanidine groups is 1. The maximum atomic E-state index is 6.05. The topological polar surface area (TPSA) is 41.6 Å². The minimum atomic E-state index is 0.703. The van der Waals surface area contributed by atoms with E-state index in [1.807, 2.05) is 0 Å². The van der Waals surface area contributed by atoms with Crippen LogP contribution in [0.2, 0.25) is 0 Å². The lowest BCUT2D eigenvalue weighted by Crippen LogP contribution is -2.41. The molecule has 2 N–H and O–H groups in total. The summed E-state index contributed by atoms with van der Waals surface area (Å²) in [6.45, 7) is 7.05. The summed E-state index contributed by atoms with van der Waals surface area (Å²) in [5, 5.41) is 0. The molecule has 1 aliphatic rings. The van der Waals surface area contributed by atoms with E-state index in [-0.39, 0.29) is 0 Å². The number of hydrogen-bond acceptors (Lipinski definition) is 1. The van der Waals surface area contributed by atoms with E-state index in [0.717, 1.165) is 32.5 Å². The van der Waals surface area contributed by atoms with Crippen LogP contribution in [0.5, 0.6) is 0 Å². The Bertz CT molecular complexity index is 437. The summed E-state index contributed by atoms with van der Waals surface area (Å²) in [5.41, 5.74) is 10.2. The smallest absolute Gasteiger partial charge is 0.191 e. The molecule has 1 aromatic carbocycles. The summed E-state index contributed by atoms with van der Waals surface area (Å²) in [4.78, 5) is 6.64. The van der Waals surface area contributed by atoms with Gasteiger partial charge in [-0.15, -0.1) is 0 Å². The van der Waals surface area contributed by atoms with Crippen LogP contribution in [0.15, 0.2) is 23.2 Å². The van der Waals surface area contributed by atoms with Crippen LogP contribution in [-0.2, 0) is 13.0 Å². The fourth-order valence-corrected chi connectivity index (χ4v) is 2.33. The maximum Gasteiger partial charge on any atom is 0.191 e. The normalized spacial score (nSPS) is 15.7. The highest BCUT2D eigenvalue weighted by atomic mass is 15.2. The first-order valence-corrected chi connectivity index (χ1v) is 6.84. The van der Waals surface area contributed by atoms with Crippen molar-refractivity contribution in [2.24, 2.45) is 10.7 Å². The van der Waals surface area contributed by atoms with Gasteiger partial charge in [-0.3, -0.25) is 4.99 Å². The summed E-state index contributed by atoms with van der Waals surface area (Å²) in [5.74, 6) is 0.703. The minimum absolute atomic E-state index is 0.703. The molecule has 0 bridgehead atoms. The molecule has 0 saturated heterocycles. The van der Waals surface area contributed by atoms with E-state index in [0.29, 0.717) is 5.96 Å². The molecule has 0 radical (unpaired) electrons. The second-order valence-electron chi connectivity index (χ2n) is 5.04. The molecule has 18 heavy (non-hydrogen) atoms. The van der Waals surface area contributed by atoms with Crippen molar-refractivity contribution >= 4 is 5.96 Å². The highest BCUT2D eigenvalue weighted by Crippen LogP contribution is 2.19. The van der Waals surface area contributed by atoms with Crippen LogP contribution in [0.1, 0.15) is 36.5 Å². The third-order valence-electron chi connectivity index (χ3n) is 3.48. The highest BCUT2D eigenvalue weighted by molar-refractivity contribution is 5.78. The SMILES string of the molecule is CCCCN=C(N)N1CCc2cc(C)ccc2C1. The first kappa shape index (κ1) is 12.9. The Morgan fingerprint density at radius 2 is 2.22 bits per heavy atom. The molecule has 2 rings (SSSR count). The van der Waals surface area contributed by atoms with Gasteiger partial charge < -0.3 is 10.6 Å². The molecule has 0 saturated carbocycles. The third kappa shape index (κ3) is 3.03. The first-order valence-electron chi connectivity index (χ1n) is 6.84. The van der Waals surface area contributed by atoms with Gasteiger partial charge in [0.05, 0.1) is 0 Å². The number of aliphatic imine (C=N–C) groups is 1. The molecule has 0 unspecified atom stereocenters. The number of fused-ring (bicyclic) bond motifs is 1. The number of nitrogens with two attached hydrogens (primary N) is 1. The van der Waals surface area contributed by atoms with Crippen LogP contribution in [0.3, 0.4) is 0 Å². The number of hydrogen-bond donors (Lipinski definition) is 1. The van der Waals surface area contributed by atoms with Gasteiger partial charge in [-0.1, -0.05) is 37.1 Å². The summed E-state index contributed by atoms with van der Waals surface area (Å²) in [6, 6.07) is 6.68. The van der Waals surface area contributed by atoms with E-state index in [1.165, 1.54) is 23.1 Å². The van der Waals surface area contributed by atoms with Crippen LogP contribution in [0, 0.1) is 6.92 Å². The van der Waals surface area contributed by atoms with Gasteiger partial charge in [-0.2, -0.15) is 0 Å². The maximum absolute atomic E-state index is 6.05. The summed E-state index contributed by atoms with van der Waals surface area (Å²) >= 11 is 0. The van der Waals surface area contributed by atoms with Crippen molar-refractivity contribution < 1.29 is 0 Å². The molecule has 98 valence electrons. The molecule has 1 aliphatic heterocycles. The minimum Gasteiger partial charge on any atom is -0.370 e. The van der Waals surface area contributed by atoms with Crippen molar-refractivity contribution in [3.8, 4) is 0 Å². The van der Waals surface area contributed by atoms with E-state index in [4.69, 9.17) is 5.73 Å². The van der Waals surface area contributed by atoms with Crippen molar-refractivity contribution in [1.29, 1.82) is 0 Å². The monoisotopic (exact) mass is 245 g/mol. The van der Waals surface area contributed by atoms with Crippen molar-refractivity contribution in [2.45, 2.75) is 39.7 Å². The van der Waals surface area contributed by atoms with Gasteiger partial charge in [0, 0.05) is 19.6 Å². The standard InChI is InChI=1S/C15H23N3/c1-3-4-8-17-15(16)18-9-7-13-10-12(2)5-6-14(13)11-18/h5-6,10H,3-4,7-9,11H2,1-2H3,(H2,16,17). The lowest BCUT2D eigenvalue weighted by atomic mass is 9.98. The number of benzene rings is 1. The second-order valence-corrected chi connectivity index (χ2v) is 5.04. The molecule has 0 aromatic heterocycles. The molecule has 0 amide bonds. The average molecular weight is 245 g/mol. The summed E-state index contributed by atoms with van der Waals surface area (Å²) < 4.78 is 0. The summed E-state index contributed by atoms with van der Waals surface area (Å²) in [6.07, 6.45) is 3.35. The van der Waals surface area contributed by atoms with Crippen molar-refractivity contribution in [2.75, 3.05) is 13.1 Å². The van der Waals surface area contributed by atoms with Gasteiger partial charge >= 0.3 is 0 Å². The largest absolute Gasteiger partial charge is 0.370 e. The van der Waals surface area contributed by atoms with Gasteiger partial charge in [-0.05, 0) is 30.9 Å². The zero-order valence-electron chi connectivity index (χ0n) is 11.4. The predicted molar refractivity (Wildman–Crippen MR) is 76.7 cm³/mol. The van der Waals surface area contributed by atoms with E-state index in [1.54, 1.807) is 0 Å². The third-order valence-corrected chi connectivity index (χ3v) is 3.48. The number of aryl methyl sites for hydroxylation is 1. The predicted octanol–water partition coefficient (Wildman–Crippen LogP) is 2.47. The average Bonchev–Trinajstić information content (AvgIpc) is 2.38. The molecule has 0 spiro atoms. The van der Waals surface area contributed by atoms with E-state index >= 15 is 0 Å². The first-order chi connectivity index (χ1) is 8.70. The Kier molecular flexibility index (Phi) is 4.24. The Morgan fingerprint density at radius 1 is 1.39 bits per heavy atom. The van der Waals surface area contributed by atoms with E-state index in [9.17, 15) is 0 Å². The Balaban J connectivity index is 2.03. The van der Waals surface area contributed by atoms with Gasteiger partial charge in [0.1, 0.15) is 0 Å². The molecule has 1 aromatic rings. The van der Waals surface area contributed by atoms with Gasteiger partial charge in [-0.25, -0.2) is 0 Å². The quantitative estimate of drug-likeness (QED) is 0.505. The lowest BCUT2D eigenvalue weighted by molar-refractivity contribution is 0.388. The zero-order valence-corrected chi connectivity index (χ0v) is 11.4. The van der Waals surface area contributed by atoms with Crippen LogP contribution < -0.4 is 5.73 Å². The van der Waals surface area contributed by atoms with Crippen LogP contribution >= 0.6 is 0 Å². The molecular formula is C15H23N3. The Labute approximate surface area is 110 Å². The lowest BCUT2D eigenvalue weighted by Gasteiger charge is -2.30. The molecule has 0 fully saturated rings. The van der Waals surface area contributed by atoms with Crippen LogP contribution in [0.4, 0.5) is 0 Å². The number of unbranched alkanes of at least 4 members (excludes halogenated alkanes) is 1. The highest BCUT2D eigenvalue weighted by Gasteiger charge is 2.17. The number of nitrogens with zero attached hydrogens (tertiary/aromatic N) is 2. The second kappa shape index (κ2) is 5.89. The van der Waals surface area contributed by atoms with Gasteiger partial charge in [0.25, 0.3) is 0 Å². The molecule has 3 heteroatoms. The number of rotatable bonds is 3. The van der Waals surface area contributed by atoms with Gasteiger partial charge in [0.2, 0.25) is 0 Å². The van der Waals surface area contributed by atoms with Crippen molar-refractivity contribution in [3.05, 3.63) is 34.9 Å². The van der Waals surface area contributed by atoms with Crippen LogP contribution in [0.25, 0.3) is 0 Å². The Hall–Kier alpha value is -1.51. The van der Waals surface area contributed by atoms with E-state index in [2.05, 4.69) is 41.9 Å². The van der Waals surface area contributed by atoms with Gasteiger partial charge in [0.15, 0.2) is 5.96 Å². The van der Waals surface area contributed by atoms with Crippen molar-refractivity contribution in [3.63, 3.8) is 0 Å². The fourth-order valence-electron chi connectivity index (χ4n) is 2.33. The van der Waals surface area contributed by atoms with Crippen molar-refractivity contribution in [1.82, 2.24) is 4.90 Å². The fraction of sp³-hybridized carbons (Fsp3) is 0.533. The molecule has 1 heterocycles. The molecule has 0 atom stereocenters. The molecule has 0 aliphatic carbocycles. The Morgan fingerprint density at radius 3 is 3.00 bits per heavy atom. The summed E-state index contributed by atoms with van der Waals surface area (Å²) in [7, 11) is 0. The molecular weight excluding hydrogens is 222 g/mol.